The van der Waals surface area contributed by atoms with Crippen LogP contribution >= 0.6 is 0 Å². The Morgan fingerprint density at radius 2 is 1.92 bits per heavy atom. The van der Waals surface area contributed by atoms with Crippen molar-refractivity contribution in [3.63, 3.8) is 0 Å². The van der Waals surface area contributed by atoms with E-state index in [-0.39, 0.29) is 12.5 Å². The minimum Gasteiger partial charge on any atom is -0.485 e. The first kappa shape index (κ1) is 15.3. The van der Waals surface area contributed by atoms with Crippen LogP contribution in [0.4, 0.5) is 0 Å². The van der Waals surface area contributed by atoms with E-state index in [9.17, 15) is 4.79 Å². The van der Waals surface area contributed by atoms with E-state index in [2.05, 4.69) is 10.5 Å². The molecule has 1 amide bonds. The predicted octanol–water partition coefficient (Wildman–Crippen LogP) is 3.03. The molecule has 2 aromatic carbocycles. The Morgan fingerprint density at radius 1 is 1.16 bits per heavy atom. The molecule has 0 aliphatic carbocycles. The summed E-state index contributed by atoms with van der Waals surface area (Å²) in [5.41, 5.74) is 2.44. The van der Waals surface area contributed by atoms with Crippen molar-refractivity contribution in [3.05, 3.63) is 60.1 Å². The predicted molar refractivity (Wildman–Crippen MR) is 93.0 cm³/mol. The van der Waals surface area contributed by atoms with E-state index in [1.54, 1.807) is 6.07 Å². The second-order valence-corrected chi connectivity index (χ2v) is 5.75. The number of hydrogen-bond acceptors (Lipinski definition) is 5. The summed E-state index contributed by atoms with van der Waals surface area (Å²) in [6.45, 7) is 1.97. The Hall–Kier alpha value is -3.28. The van der Waals surface area contributed by atoms with Crippen LogP contribution in [-0.2, 0) is 4.79 Å². The number of hydrazone groups is 1. The Kier molecular flexibility index (Phi) is 3.85. The number of carbonyl (C=O) groups excluding carboxylic acids is 1. The number of nitrogens with one attached hydrogen (secondary N) is 1. The number of rotatable bonds is 3. The number of ether oxygens (including phenoxy) is 2. The third-order valence-electron chi connectivity index (χ3n) is 3.89. The monoisotopic (exact) mass is 336 g/mol. The highest BCUT2D eigenvalue weighted by Gasteiger charge is 2.27. The summed E-state index contributed by atoms with van der Waals surface area (Å²) in [7, 11) is 0. The van der Waals surface area contributed by atoms with E-state index < -0.39 is 6.10 Å². The fourth-order valence-electron chi connectivity index (χ4n) is 2.64. The smallest absolute Gasteiger partial charge is 0.284 e. The van der Waals surface area contributed by atoms with Gasteiger partial charge in [-0.2, -0.15) is 5.10 Å². The average molecular weight is 336 g/mol. The van der Waals surface area contributed by atoms with Gasteiger partial charge in [0, 0.05) is 0 Å². The van der Waals surface area contributed by atoms with Crippen LogP contribution in [0.15, 0.2) is 58.0 Å². The number of aryl methyl sites for hydroxylation is 1. The Labute approximate surface area is 144 Å². The van der Waals surface area contributed by atoms with Crippen LogP contribution in [-0.4, -0.2) is 24.8 Å². The molecule has 0 unspecified atom stereocenters. The summed E-state index contributed by atoms with van der Waals surface area (Å²) in [6.07, 6.45) is 0.680. The van der Waals surface area contributed by atoms with Crippen molar-refractivity contribution in [2.24, 2.45) is 5.10 Å². The average Bonchev–Trinajstić information content (AvgIpc) is 3.04. The molecule has 0 bridgehead atoms. The third kappa shape index (κ3) is 3.19. The first-order chi connectivity index (χ1) is 12.2. The van der Waals surface area contributed by atoms with Gasteiger partial charge in [-0.1, -0.05) is 24.3 Å². The lowest BCUT2D eigenvalue weighted by Gasteiger charge is -2.25. The van der Waals surface area contributed by atoms with Gasteiger partial charge in [-0.15, -0.1) is 0 Å². The van der Waals surface area contributed by atoms with Crippen LogP contribution in [0, 0.1) is 6.92 Å². The largest absolute Gasteiger partial charge is 0.485 e. The normalized spacial score (nSPS) is 16.3. The fraction of sp³-hybridized carbons (Fsp3) is 0.158. The number of hydrogen-bond donors (Lipinski definition) is 1. The molecule has 1 N–H and O–H groups in total. The molecule has 4 rings (SSSR count). The third-order valence-corrected chi connectivity index (χ3v) is 3.89. The van der Waals surface area contributed by atoms with Crippen LogP contribution in [0.1, 0.15) is 11.5 Å². The molecule has 0 radical (unpaired) electrons. The van der Waals surface area contributed by atoms with E-state index in [0.29, 0.717) is 17.3 Å². The van der Waals surface area contributed by atoms with Gasteiger partial charge in [0.05, 0.1) is 6.21 Å². The molecule has 0 saturated heterocycles. The summed E-state index contributed by atoms with van der Waals surface area (Å²) in [5.74, 6) is 2.16. The SMILES string of the molecule is Cc1ccc(/C=N\NC(=O)[C@H]2COc3cc4ccccc4cc3O2)o1. The second-order valence-electron chi connectivity index (χ2n) is 5.75. The lowest BCUT2D eigenvalue weighted by atomic mass is 10.1. The van der Waals surface area contributed by atoms with Crippen LogP contribution in [0.2, 0.25) is 0 Å². The van der Waals surface area contributed by atoms with Crippen LogP contribution < -0.4 is 14.9 Å². The molecule has 0 saturated carbocycles. The molecule has 1 aliphatic rings. The van der Waals surface area contributed by atoms with Gasteiger partial charge >= 0.3 is 0 Å². The number of furan rings is 1. The molecular formula is C19H16N2O4. The summed E-state index contributed by atoms with van der Waals surface area (Å²) in [4.78, 5) is 12.2. The van der Waals surface area contributed by atoms with E-state index in [4.69, 9.17) is 13.9 Å². The van der Waals surface area contributed by atoms with Crippen LogP contribution in [0.5, 0.6) is 11.5 Å². The van der Waals surface area contributed by atoms with E-state index in [1.165, 1.54) is 6.21 Å². The molecule has 1 aromatic heterocycles. The first-order valence-corrected chi connectivity index (χ1v) is 7.91. The number of carbonyl (C=O) groups is 1. The van der Waals surface area contributed by atoms with Gasteiger partial charge in [0.15, 0.2) is 11.5 Å². The topological polar surface area (TPSA) is 73.1 Å². The number of amides is 1. The Balaban J connectivity index is 1.45. The lowest BCUT2D eigenvalue weighted by Crippen LogP contribution is -2.42. The van der Waals surface area contributed by atoms with E-state index in [0.717, 1.165) is 16.5 Å². The van der Waals surface area contributed by atoms with Crippen molar-refractivity contribution in [2.75, 3.05) is 6.61 Å². The molecule has 0 spiro atoms. The molecule has 3 aromatic rings. The van der Waals surface area contributed by atoms with E-state index >= 15 is 0 Å². The minimum absolute atomic E-state index is 0.132. The Morgan fingerprint density at radius 3 is 2.64 bits per heavy atom. The van der Waals surface area contributed by atoms with E-state index in [1.807, 2.05) is 49.4 Å². The van der Waals surface area contributed by atoms with Crippen molar-refractivity contribution in [3.8, 4) is 11.5 Å². The van der Waals surface area contributed by atoms with Crippen molar-refractivity contribution in [1.82, 2.24) is 5.43 Å². The van der Waals surface area contributed by atoms with Crippen LogP contribution in [0.25, 0.3) is 10.8 Å². The maximum absolute atomic E-state index is 12.2. The van der Waals surface area contributed by atoms with Gasteiger partial charge in [0.2, 0.25) is 6.10 Å². The second kappa shape index (κ2) is 6.32. The number of benzene rings is 2. The quantitative estimate of drug-likeness (QED) is 0.589. The highest BCUT2D eigenvalue weighted by molar-refractivity contribution is 5.87. The minimum atomic E-state index is -0.760. The highest BCUT2D eigenvalue weighted by atomic mass is 16.6. The first-order valence-electron chi connectivity index (χ1n) is 7.91. The molecule has 1 aliphatic heterocycles. The maximum atomic E-state index is 12.2. The molecule has 126 valence electrons. The zero-order valence-electron chi connectivity index (χ0n) is 13.6. The maximum Gasteiger partial charge on any atom is 0.284 e. The molecular weight excluding hydrogens is 320 g/mol. The molecule has 0 fully saturated rings. The van der Waals surface area contributed by atoms with Gasteiger partial charge in [0.25, 0.3) is 5.91 Å². The van der Waals surface area contributed by atoms with Crippen molar-refractivity contribution < 1.29 is 18.7 Å². The van der Waals surface area contributed by atoms with Crippen molar-refractivity contribution in [2.45, 2.75) is 13.0 Å². The van der Waals surface area contributed by atoms with Crippen molar-refractivity contribution >= 4 is 22.9 Å². The zero-order chi connectivity index (χ0) is 17.2. The Bertz CT molecular complexity index is 961. The number of fused-ring (bicyclic) bond motifs is 2. The summed E-state index contributed by atoms with van der Waals surface area (Å²) in [6, 6.07) is 15.3. The van der Waals surface area contributed by atoms with Gasteiger partial charge in [-0.3, -0.25) is 4.79 Å². The van der Waals surface area contributed by atoms with Crippen molar-refractivity contribution in [1.29, 1.82) is 0 Å². The lowest BCUT2D eigenvalue weighted by molar-refractivity contribution is -0.130. The molecule has 1 atom stereocenters. The number of nitrogens with zero attached hydrogens (tertiary/aromatic N) is 1. The highest BCUT2D eigenvalue weighted by Crippen LogP contribution is 2.35. The molecule has 25 heavy (non-hydrogen) atoms. The zero-order valence-corrected chi connectivity index (χ0v) is 13.6. The fourth-order valence-corrected chi connectivity index (χ4v) is 2.64. The summed E-state index contributed by atoms with van der Waals surface area (Å²) >= 11 is 0. The standard InChI is InChI=1S/C19H16N2O4/c1-12-6-7-15(24-12)10-20-21-19(22)18-11-23-16-8-13-4-2-3-5-14(13)9-17(16)25-18/h2-10,18H,11H2,1H3,(H,21,22)/b20-10-/t18-/m1/s1. The van der Waals surface area contributed by atoms with Gasteiger partial charge < -0.3 is 13.9 Å². The summed E-state index contributed by atoms with van der Waals surface area (Å²) in [5, 5.41) is 5.97. The summed E-state index contributed by atoms with van der Waals surface area (Å²) < 4.78 is 16.8. The van der Waals surface area contributed by atoms with Gasteiger partial charge in [-0.05, 0) is 42.0 Å². The van der Waals surface area contributed by atoms with Gasteiger partial charge in [0.1, 0.15) is 18.1 Å². The van der Waals surface area contributed by atoms with Crippen LogP contribution in [0.3, 0.4) is 0 Å². The molecule has 6 nitrogen and oxygen atoms in total. The molecule has 2 heterocycles. The van der Waals surface area contributed by atoms with Gasteiger partial charge in [-0.25, -0.2) is 5.43 Å². The molecule has 6 heteroatoms.